The normalized spacial score (nSPS) is 29.4. The van der Waals surface area contributed by atoms with Gasteiger partial charge in [0.05, 0.1) is 0 Å². The topological polar surface area (TPSA) is 122 Å². The van der Waals surface area contributed by atoms with Crippen molar-refractivity contribution in [3.05, 3.63) is 0 Å². The number of carbonyl (C=O) groups is 4. The zero-order valence-electron chi connectivity index (χ0n) is 11.3. The van der Waals surface area contributed by atoms with Gasteiger partial charge in [-0.2, -0.15) is 0 Å². The Labute approximate surface area is 116 Å². The fourth-order valence-corrected chi connectivity index (χ4v) is 2.96. The third-order valence-electron chi connectivity index (χ3n) is 4.07. The summed E-state index contributed by atoms with van der Waals surface area (Å²) in [5.41, 5.74) is 3.92. The molecule has 2 fully saturated rings. The highest BCUT2D eigenvalue weighted by Gasteiger charge is 2.55. The summed E-state index contributed by atoms with van der Waals surface area (Å²) in [5.74, 6) is -1.15. The van der Waals surface area contributed by atoms with Gasteiger partial charge in [-0.1, -0.05) is 19.8 Å². The monoisotopic (exact) mass is 282 g/mol. The van der Waals surface area contributed by atoms with Crippen molar-refractivity contribution in [2.24, 2.45) is 11.7 Å². The van der Waals surface area contributed by atoms with Gasteiger partial charge in [0.25, 0.3) is 5.91 Å². The average Bonchev–Trinajstić information content (AvgIpc) is 2.58. The van der Waals surface area contributed by atoms with Crippen molar-refractivity contribution in [1.82, 2.24) is 15.5 Å². The largest absolute Gasteiger partial charge is 0.351 e. The molecule has 2 atom stereocenters. The molecular formula is C12H18N4O4. The second kappa shape index (κ2) is 5.10. The van der Waals surface area contributed by atoms with E-state index in [-0.39, 0.29) is 5.92 Å². The average molecular weight is 282 g/mol. The number of nitrogens with zero attached hydrogens (tertiary/aromatic N) is 1. The van der Waals surface area contributed by atoms with Crippen LogP contribution in [-0.2, 0) is 9.59 Å². The minimum absolute atomic E-state index is 0.0249. The number of urea groups is 2. The third kappa shape index (κ3) is 2.33. The third-order valence-corrected chi connectivity index (χ3v) is 4.07. The first-order valence-corrected chi connectivity index (χ1v) is 6.60. The highest BCUT2D eigenvalue weighted by molar-refractivity contribution is 6.10. The number of imide groups is 2. The van der Waals surface area contributed by atoms with Crippen LogP contribution < -0.4 is 16.4 Å². The van der Waals surface area contributed by atoms with Gasteiger partial charge >= 0.3 is 12.1 Å². The van der Waals surface area contributed by atoms with Crippen LogP contribution in [0.1, 0.15) is 32.6 Å². The Morgan fingerprint density at radius 2 is 2.15 bits per heavy atom. The number of carbonyl (C=O) groups excluding carboxylic acids is 4. The van der Waals surface area contributed by atoms with Gasteiger partial charge in [-0.05, 0) is 18.8 Å². The van der Waals surface area contributed by atoms with Gasteiger partial charge in [0.2, 0.25) is 5.91 Å². The van der Waals surface area contributed by atoms with E-state index in [1.54, 1.807) is 0 Å². The molecule has 1 spiro atoms. The Morgan fingerprint density at radius 3 is 2.75 bits per heavy atom. The van der Waals surface area contributed by atoms with Gasteiger partial charge < -0.3 is 11.1 Å². The number of hydrogen-bond donors (Lipinski definition) is 3. The summed E-state index contributed by atoms with van der Waals surface area (Å²) in [6, 6.07) is -1.61. The number of nitrogens with one attached hydrogen (secondary N) is 2. The molecule has 2 aliphatic rings. The lowest BCUT2D eigenvalue weighted by atomic mass is 9.73. The molecule has 8 nitrogen and oxygen atoms in total. The van der Waals surface area contributed by atoms with Crippen LogP contribution in [-0.4, -0.2) is 40.9 Å². The van der Waals surface area contributed by atoms with Gasteiger partial charge in [-0.3, -0.25) is 19.8 Å². The molecule has 1 heterocycles. The van der Waals surface area contributed by atoms with Crippen LogP contribution in [0.2, 0.25) is 0 Å². The SMILES string of the molecule is C[C@H]1CCCC[C@]12NC(=O)N(CC(=O)NC(N)=O)C2=O. The van der Waals surface area contributed by atoms with Crippen LogP contribution in [0.4, 0.5) is 9.59 Å². The van der Waals surface area contributed by atoms with Gasteiger partial charge in [0.1, 0.15) is 12.1 Å². The first kappa shape index (κ1) is 14.3. The van der Waals surface area contributed by atoms with E-state index < -0.39 is 36.0 Å². The summed E-state index contributed by atoms with van der Waals surface area (Å²) in [4.78, 5) is 47.3. The van der Waals surface area contributed by atoms with E-state index >= 15 is 0 Å². The van der Waals surface area contributed by atoms with Crippen molar-refractivity contribution < 1.29 is 19.2 Å². The molecule has 20 heavy (non-hydrogen) atoms. The Hall–Kier alpha value is -2.12. The zero-order valence-corrected chi connectivity index (χ0v) is 11.3. The van der Waals surface area contributed by atoms with Crippen molar-refractivity contribution >= 4 is 23.9 Å². The molecule has 2 rings (SSSR count). The van der Waals surface area contributed by atoms with Crippen LogP contribution in [0.15, 0.2) is 0 Å². The molecule has 0 aromatic carbocycles. The molecule has 0 radical (unpaired) electrons. The van der Waals surface area contributed by atoms with Gasteiger partial charge in [0.15, 0.2) is 0 Å². The number of amides is 6. The molecule has 0 aromatic heterocycles. The van der Waals surface area contributed by atoms with E-state index in [1.165, 1.54) is 0 Å². The van der Waals surface area contributed by atoms with Crippen molar-refractivity contribution in [3.63, 3.8) is 0 Å². The highest BCUT2D eigenvalue weighted by atomic mass is 16.2. The van der Waals surface area contributed by atoms with Gasteiger partial charge in [0, 0.05) is 0 Å². The number of hydrogen-bond acceptors (Lipinski definition) is 4. The predicted molar refractivity (Wildman–Crippen MR) is 68.3 cm³/mol. The van der Waals surface area contributed by atoms with Gasteiger partial charge in [-0.25, -0.2) is 9.59 Å². The van der Waals surface area contributed by atoms with Crippen molar-refractivity contribution in [2.45, 2.75) is 38.1 Å². The summed E-state index contributed by atoms with van der Waals surface area (Å²) in [5, 5.41) is 4.56. The maximum atomic E-state index is 12.5. The summed E-state index contributed by atoms with van der Waals surface area (Å²) >= 11 is 0. The zero-order chi connectivity index (χ0) is 14.9. The van der Waals surface area contributed by atoms with Crippen LogP contribution in [0.25, 0.3) is 0 Å². The molecular weight excluding hydrogens is 264 g/mol. The van der Waals surface area contributed by atoms with Crippen LogP contribution >= 0.6 is 0 Å². The van der Waals surface area contributed by atoms with Gasteiger partial charge in [-0.15, -0.1) is 0 Å². The molecule has 1 saturated heterocycles. The fraction of sp³-hybridized carbons (Fsp3) is 0.667. The van der Waals surface area contributed by atoms with E-state index in [0.717, 1.165) is 24.2 Å². The number of nitrogens with two attached hydrogens (primary N) is 1. The lowest BCUT2D eigenvalue weighted by molar-refractivity contribution is -0.137. The van der Waals surface area contributed by atoms with E-state index in [2.05, 4.69) is 5.32 Å². The quantitative estimate of drug-likeness (QED) is 0.601. The minimum atomic E-state index is -1.01. The molecule has 6 amide bonds. The van der Waals surface area contributed by atoms with Crippen LogP contribution in [0, 0.1) is 5.92 Å². The minimum Gasteiger partial charge on any atom is -0.351 e. The summed E-state index contributed by atoms with van der Waals surface area (Å²) in [6.45, 7) is 1.42. The van der Waals surface area contributed by atoms with Crippen molar-refractivity contribution in [3.8, 4) is 0 Å². The molecule has 0 unspecified atom stereocenters. The summed E-state index contributed by atoms with van der Waals surface area (Å²) in [7, 11) is 0. The Bertz CT molecular complexity index is 478. The lowest BCUT2D eigenvalue weighted by Crippen LogP contribution is -2.54. The second-order valence-electron chi connectivity index (χ2n) is 5.35. The summed E-state index contributed by atoms with van der Waals surface area (Å²) in [6.07, 6.45) is 3.31. The summed E-state index contributed by atoms with van der Waals surface area (Å²) < 4.78 is 0. The number of primary amides is 1. The first-order chi connectivity index (χ1) is 9.36. The molecule has 8 heteroatoms. The standard InChI is InChI=1S/C12H18N4O4/c1-7-4-2-3-5-12(7)9(18)16(11(20)15-12)6-8(17)14-10(13)19/h7H,2-6H2,1H3,(H,15,20)(H3,13,14,17,19)/t7-,12-/m0/s1. The van der Waals surface area contributed by atoms with E-state index in [4.69, 9.17) is 5.73 Å². The molecule has 1 aliphatic carbocycles. The van der Waals surface area contributed by atoms with E-state index in [1.807, 2.05) is 12.2 Å². The fourth-order valence-electron chi connectivity index (χ4n) is 2.96. The lowest BCUT2D eigenvalue weighted by Gasteiger charge is -2.36. The highest BCUT2D eigenvalue weighted by Crippen LogP contribution is 2.37. The molecule has 1 saturated carbocycles. The van der Waals surface area contributed by atoms with Crippen LogP contribution in [0.3, 0.4) is 0 Å². The Morgan fingerprint density at radius 1 is 1.45 bits per heavy atom. The second-order valence-corrected chi connectivity index (χ2v) is 5.35. The maximum Gasteiger partial charge on any atom is 0.325 e. The van der Waals surface area contributed by atoms with E-state index in [0.29, 0.717) is 6.42 Å². The van der Waals surface area contributed by atoms with Crippen molar-refractivity contribution in [1.29, 1.82) is 0 Å². The molecule has 4 N–H and O–H groups in total. The van der Waals surface area contributed by atoms with Crippen molar-refractivity contribution in [2.75, 3.05) is 6.54 Å². The predicted octanol–water partition coefficient (Wildman–Crippen LogP) is -0.318. The first-order valence-electron chi connectivity index (χ1n) is 6.60. The van der Waals surface area contributed by atoms with Crippen LogP contribution in [0.5, 0.6) is 0 Å². The molecule has 0 bridgehead atoms. The molecule has 1 aliphatic heterocycles. The maximum absolute atomic E-state index is 12.5. The number of rotatable bonds is 2. The Kier molecular flexibility index (Phi) is 3.65. The molecule has 110 valence electrons. The Balaban J connectivity index is 2.12. The smallest absolute Gasteiger partial charge is 0.325 e. The van der Waals surface area contributed by atoms with E-state index in [9.17, 15) is 19.2 Å². The molecule has 0 aromatic rings.